The van der Waals surface area contributed by atoms with E-state index < -0.39 is 0 Å². The molecular formula is C18H31NO2. The summed E-state index contributed by atoms with van der Waals surface area (Å²) >= 11 is 0. The maximum Gasteiger partial charge on any atom is 0.125 e. The van der Waals surface area contributed by atoms with Crippen LogP contribution in [-0.4, -0.2) is 24.9 Å². The van der Waals surface area contributed by atoms with Gasteiger partial charge in [-0.15, -0.1) is 0 Å². The van der Waals surface area contributed by atoms with Crippen molar-refractivity contribution >= 4 is 0 Å². The molecule has 1 aromatic carbocycles. The molecule has 2 N–H and O–H groups in total. The van der Waals surface area contributed by atoms with E-state index in [1.165, 1.54) is 16.7 Å². The second kappa shape index (κ2) is 7.81. The van der Waals surface area contributed by atoms with Crippen molar-refractivity contribution in [2.24, 2.45) is 5.73 Å². The minimum absolute atomic E-state index is 0.117. The Morgan fingerprint density at radius 2 is 1.67 bits per heavy atom. The molecule has 0 radical (unpaired) electrons. The molecule has 120 valence electrons. The lowest BCUT2D eigenvalue weighted by Crippen LogP contribution is -2.23. The van der Waals surface area contributed by atoms with Crippen LogP contribution in [0.4, 0.5) is 0 Å². The summed E-state index contributed by atoms with van der Waals surface area (Å²) in [6.45, 7) is 13.6. The average molecular weight is 293 g/mol. The van der Waals surface area contributed by atoms with Gasteiger partial charge in [-0.25, -0.2) is 0 Å². The van der Waals surface area contributed by atoms with E-state index in [1.54, 1.807) is 0 Å². The topological polar surface area (TPSA) is 44.5 Å². The van der Waals surface area contributed by atoms with Crippen LogP contribution in [0.1, 0.15) is 50.8 Å². The van der Waals surface area contributed by atoms with Crippen LogP contribution in [-0.2, 0) is 11.2 Å². The third kappa shape index (κ3) is 6.49. The Morgan fingerprint density at radius 1 is 1.10 bits per heavy atom. The third-order valence-electron chi connectivity index (χ3n) is 3.41. The summed E-state index contributed by atoms with van der Waals surface area (Å²) in [5, 5.41) is 0. The molecule has 0 saturated heterocycles. The van der Waals surface area contributed by atoms with Gasteiger partial charge in [-0.3, -0.25) is 0 Å². The molecule has 21 heavy (non-hydrogen) atoms. The molecule has 0 amide bonds. The number of benzene rings is 1. The van der Waals surface area contributed by atoms with Gasteiger partial charge in [0.2, 0.25) is 0 Å². The van der Waals surface area contributed by atoms with Gasteiger partial charge in [0.25, 0.3) is 0 Å². The summed E-state index contributed by atoms with van der Waals surface area (Å²) in [5.41, 5.74) is 9.55. The van der Waals surface area contributed by atoms with Crippen LogP contribution in [0.2, 0.25) is 0 Å². The van der Waals surface area contributed by atoms with Crippen LogP contribution >= 0.6 is 0 Å². The number of nitrogens with two attached hydrogens (primary N) is 1. The molecule has 0 aliphatic carbocycles. The summed E-state index contributed by atoms with van der Waals surface area (Å²) in [5.74, 6) is 0.973. The first-order valence-corrected chi connectivity index (χ1v) is 7.85. The van der Waals surface area contributed by atoms with Crippen molar-refractivity contribution in [2.75, 3.05) is 13.2 Å². The van der Waals surface area contributed by atoms with Crippen LogP contribution in [0.5, 0.6) is 5.75 Å². The van der Waals surface area contributed by atoms with Gasteiger partial charge in [0.15, 0.2) is 0 Å². The lowest BCUT2D eigenvalue weighted by Gasteiger charge is -2.20. The summed E-state index contributed by atoms with van der Waals surface area (Å²) in [6.07, 6.45) is 1.92. The van der Waals surface area contributed by atoms with Gasteiger partial charge in [-0.05, 0) is 64.2 Å². The van der Waals surface area contributed by atoms with Crippen molar-refractivity contribution in [1.82, 2.24) is 0 Å². The third-order valence-corrected chi connectivity index (χ3v) is 3.41. The largest absolute Gasteiger partial charge is 0.491 e. The van der Waals surface area contributed by atoms with Gasteiger partial charge < -0.3 is 15.2 Å². The highest BCUT2D eigenvalue weighted by atomic mass is 16.5. The SMILES string of the molecule is CCC(N)Cc1cc(C)c(OCCOC(C)(C)C)c(C)c1. The molecule has 0 heterocycles. The van der Waals surface area contributed by atoms with Crippen LogP contribution < -0.4 is 10.5 Å². The fourth-order valence-electron chi connectivity index (χ4n) is 2.32. The monoisotopic (exact) mass is 293 g/mol. The first kappa shape index (κ1) is 18.0. The first-order valence-electron chi connectivity index (χ1n) is 7.85. The molecule has 1 atom stereocenters. The van der Waals surface area contributed by atoms with Crippen LogP contribution in [0.3, 0.4) is 0 Å². The fourth-order valence-corrected chi connectivity index (χ4v) is 2.32. The van der Waals surface area contributed by atoms with Gasteiger partial charge in [0.05, 0.1) is 12.2 Å². The standard InChI is InChI=1S/C18H31NO2/c1-7-16(19)12-15-10-13(2)17(14(3)11-15)20-8-9-21-18(4,5)6/h10-11,16H,7-9,12,19H2,1-6H3. The van der Waals surface area contributed by atoms with Crippen LogP contribution in [0.15, 0.2) is 12.1 Å². The molecule has 3 heteroatoms. The quantitative estimate of drug-likeness (QED) is 0.778. The van der Waals surface area contributed by atoms with Crippen molar-refractivity contribution in [3.05, 3.63) is 28.8 Å². The van der Waals surface area contributed by atoms with Gasteiger partial charge in [0.1, 0.15) is 12.4 Å². The van der Waals surface area contributed by atoms with E-state index in [-0.39, 0.29) is 11.6 Å². The van der Waals surface area contributed by atoms with Crippen molar-refractivity contribution in [1.29, 1.82) is 0 Å². The van der Waals surface area contributed by atoms with Gasteiger partial charge in [-0.2, -0.15) is 0 Å². The van der Waals surface area contributed by atoms with Crippen LogP contribution in [0.25, 0.3) is 0 Å². The molecule has 1 rings (SSSR count). The lowest BCUT2D eigenvalue weighted by molar-refractivity contribution is -0.0164. The molecular weight excluding hydrogens is 262 g/mol. The summed E-state index contributed by atoms with van der Waals surface area (Å²) < 4.78 is 11.6. The Hall–Kier alpha value is -1.06. The van der Waals surface area contributed by atoms with E-state index in [0.29, 0.717) is 13.2 Å². The van der Waals surface area contributed by atoms with E-state index in [9.17, 15) is 0 Å². The van der Waals surface area contributed by atoms with Gasteiger partial charge >= 0.3 is 0 Å². The Labute approximate surface area is 129 Å². The summed E-state index contributed by atoms with van der Waals surface area (Å²) in [6, 6.07) is 4.60. The van der Waals surface area contributed by atoms with E-state index in [2.05, 4.69) is 53.7 Å². The molecule has 0 spiro atoms. The van der Waals surface area contributed by atoms with E-state index in [1.807, 2.05) is 0 Å². The summed E-state index contributed by atoms with van der Waals surface area (Å²) in [4.78, 5) is 0. The number of rotatable bonds is 7. The molecule has 0 aliphatic heterocycles. The van der Waals surface area contributed by atoms with Crippen molar-refractivity contribution < 1.29 is 9.47 Å². The molecule has 1 unspecified atom stereocenters. The Balaban J connectivity index is 2.63. The minimum atomic E-state index is -0.117. The first-order chi connectivity index (χ1) is 9.73. The predicted molar refractivity (Wildman–Crippen MR) is 89.1 cm³/mol. The fraction of sp³-hybridized carbons (Fsp3) is 0.667. The number of ether oxygens (including phenoxy) is 2. The lowest BCUT2D eigenvalue weighted by atomic mass is 9.99. The predicted octanol–water partition coefficient (Wildman–Crippen LogP) is 3.78. The van der Waals surface area contributed by atoms with Crippen molar-refractivity contribution in [3.63, 3.8) is 0 Å². The number of hydrogen-bond acceptors (Lipinski definition) is 3. The molecule has 0 saturated carbocycles. The Bertz CT molecular complexity index is 426. The van der Waals surface area contributed by atoms with Crippen molar-refractivity contribution in [3.8, 4) is 5.75 Å². The maximum absolute atomic E-state index is 6.03. The second-order valence-electron chi connectivity index (χ2n) is 6.74. The number of hydrogen-bond donors (Lipinski definition) is 1. The zero-order valence-corrected chi connectivity index (χ0v) is 14.5. The highest BCUT2D eigenvalue weighted by Gasteiger charge is 2.11. The minimum Gasteiger partial charge on any atom is -0.491 e. The molecule has 0 aromatic heterocycles. The zero-order chi connectivity index (χ0) is 16.0. The maximum atomic E-state index is 6.03. The van der Waals surface area contributed by atoms with E-state index in [0.717, 1.165) is 18.6 Å². The smallest absolute Gasteiger partial charge is 0.125 e. The summed E-state index contributed by atoms with van der Waals surface area (Å²) in [7, 11) is 0. The normalized spacial score (nSPS) is 13.3. The molecule has 0 fully saturated rings. The second-order valence-corrected chi connectivity index (χ2v) is 6.74. The van der Waals surface area contributed by atoms with Crippen LogP contribution in [0, 0.1) is 13.8 Å². The van der Waals surface area contributed by atoms with Gasteiger partial charge in [-0.1, -0.05) is 19.1 Å². The van der Waals surface area contributed by atoms with E-state index >= 15 is 0 Å². The zero-order valence-electron chi connectivity index (χ0n) is 14.5. The average Bonchev–Trinajstić information content (AvgIpc) is 2.35. The molecule has 0 aliphatic rings. The van der Waals surface area contributed by atoms with Gasteiger partial charge in [0, 0.05) is 6.04 Å². The Kier molecular flexibility index (Phi) is 6.69. The van der Waals surface area contributed by atoms with Crippen molar-refractivity contribution in [2.45, 2.75) is 66.0 Å². The Morgan fingerprint density at radius 3 is 2.14 bits per heavy atom. The highest BCUT2D eigenvalue weighted by Crippen LogP contribution is 2.25. The molecule has 1 aromatic rings. The molecule has 0 bridgehead atoms. The highest BCUT2D eigenvalue weighted by molar-refractivity contribution is 5.43. The van der Waals surface area contributed by atoms with E-state index in [4.69, 9.17) is 15.2 Å². The molecule has 3 nitrogen and oxygen atoms in total. The number of aryl methyl sites for hydroxylation is 2.